The minimum Gasteiger partial charge on any atom is -0.469 e. The molecule has 8 heteroatoms. The van der Waals surface area contributed by atoms with E-state index in [1.807, 2.05) is 0 Å². The molecule has 4 rings (SSSR count). The van der Waals surface area contributed by atoms with Crippen molar-refractivity contribution in [2.75, 3.05) is 7.11 Å². The molecule has 0 amide bonds. The molecular weight excluding hydrogens is 500 g/mol. The predicted molar refractivity (Wildman–Crippen MR) is 143 cm³/mol. The number of rotatable bonds is 7. The Hall–Kier alpha value is -2.12. The van der Waals surface area contributed by atoms with Crippen LogP contribution in [0, 0.1) is 46.3 Å². The van der Waals surface area contributed by atoms with Crippen LogP contribution in [-0.4, -0.2) is 49.3 Å². The highest BCUT2D eigenvalue weighted by Crippen LogP contribution is 2.69. The van der Waals surface area contributed by atoms with Gasteiger partial charge in [-0.3, -0.25) is 19.2 Å². The summed E-state index contributed by atoms with van der Waals surface area (Å²) in [6, 6.07) is 0. The van der Waals surface area contributed by atoms with Crippen molar-refractivity contribution < 1.29 is 38.1 Å². The first-order valence-corrected chi connectivity index (χ1v) is 14.9. The Bertz CT molecular complexity index is 962. The van der Waals surface area contributed by atoms with E-state index in [1.165, 1.54) is 27.9 Å². The lowest BCUT2D eigenvalue weighted by Crippen LogP contribution is -2.63. The third-order valence-electron chi connectivity index (χ3n) is 11.4. The molecule has 8 nitrogen and oxygen atoms in total. The molecule has 4 fully saturated rings. The van der Waals surface area contributed by atoms with Gasteiger partial charge in [-0.05, 0) is 86.4 Å². The van der Waals surface area contributed by atoms with Crippen LogP contribution in [0.5, 0.6) is 0 Å². The smallest absolute Gasteiger partial charge is 0.305 e. The first-order valence-electron chi connectivity index (χ1n) is 14.9. The fraction of sp³-hybridized carbons (Fsp3) is 0.871. The van der Waals surface area contributed by atoms with Gasteiger partial charge in [-0.1, -0.05) is 20.8 Å². The third kappa shape index (κ3) is 5.58. The van der Waals surface area contributed by atoms with Gasteiger partial charge in [-0.2, -0.15) is 0 Å². The van der Waals surface area contributed by atoms with Crippen LogP contribution in [-0.2, 0) is 38.1 Å². The summed E-state index contributed by atoms with van der Waals surface area (Å²) in [5.41, 5.74) is -0.300. The van der Waals surface area contributed by atoms with Gasteiger partial charge in [0, 0.05) is 38.5 Å². The zero-order chi connectivity index (χ0) is 28.7. The summed E-state index contributed by atoms with van der Waals surface area (Å²) in [5, 5.41) is 0. The molecule has 0 saturated heterocycles. The largest absolute Gasteiger partial charge is 0.469 e. The van der Waals surface area contributed by atoms with Gasteiger partial charge in [0.15, 0.2) is 0 Å². The van der Waals surface area contributed by atoms with Crippen LogP contribution in [0.15, 0.2) is 0 Å². The topological polar surface area (TPSA) is 105 Å². The molecule has 4 aliphatic rings. The molecule has 0 bridgehead atoms. The van der Waals surface area contributed by atoms with Crippen LogP contribution >= 0.6 is 0 Å². The maximum absolute atomic E-state index is 12.5. The zero-order valence-electron chi connectivity index (χ0n) is 24.8. The van der Waals surface area contributed by atoms with Crippen molar-refractivity contribution in [3.8, 4) is 0 Å². The summed E-state index contributed by atoms with van der Waals surface area (Å²) in [5.74, 6) is 0.438. The number of hydrogen-bond donors (Lipinski definition) is 0. The molecule has 0 aromatic carbocycles. The first kappa shape index (κ1) is 29.9. The summed E-state index contributed by atoms with van der Waals surface area (Å²) < 4.78 is 22.8. The van der Waals surface area contributed by atoms with Crippen molar-refractivity contribution >= 4 is 23.9 Å². The van der Waals surface area contributed by atoms with Gasteiger partial charge in [-0.15, -0.1) is 0 Å². The molecule has 4 saturated carbocycles. The molecule has 2 unspecified atom stereocenters. The van der Waals surface area contributed by atoms with Gasteiger partial charge in [0.2, 0.25) is 0 Å². The Kier molecular flexibility index (Phi) is 8.73. The van der Waals surface area contributed by atoms with Gasteiger partial charge < -0.3 is 18.9 Å². The third-order valence-corrected chi connectivity index (χ3v) is 11.4. The van der Waals surface area contributed by atoms with Crippen LogP contribution in [0.2, 0.25) is 0 Å². The lowest BCUT2D eigenvalue weighted by atomic mass is 9.43. The summed E-state index contributed by atoms with van der Waals surface area (Å²) in [7, 11) is 1.42. The standard InChI is InChI=1S/C31H48O8/c1-17(8-11-28(35)36-7)23-9-10-24-29-25(16-27(31(23,24)6)39-20(4)34)30(5)13-12-22(37-18(2)32)14-21(30)15-26(29)38-19(3)33/h17,21-27,29H,8-16H2,1-7H3/t17-,21+,22-,23-,24+,25?,26-,27+,29?,30+,31-/m1/s1. The maximum atomic E-state index is 12.5. The lowest BCUT2D eigenvalue weighted by molar-refractivity contribution is -0.224. The van der Waals surface area contributed by atoms with Crippen LogP contribution in [0.25, 0.3) is 0 Å². The molecule has 0 aromatic heterocycles. The Labute approximate surface area is 233 Å². The number of hydrogen-bond acceptors (Lipinski definition) is 8. The van der Waals surface area contributed by atoms with Crippen molar-refractivity contribution in [3.63, 3.8) is 0 Å². The molecule has 39 heavy (non-hydrogen) atoms. The van der Waals surface area contributed by atoms with E-state index in [0.717, 1.165) is 51.4 Å². The van der Waals surface area contributed by atoms with Crippen LogP contribution in [0.3, 0.4) is 0 Å². The SMILES string of the molecule is COC(=O)CC[C@@H](C)[C@H]1CC[C@H]2C3C(C[C@H](OC(C)=O)[C@]12C)[C@@]1(C)CC[C@@H](OC(C)=O)C[C@H]1C[C@H]3OC(C)=O. The van der Waals surface area contributed by atoms with Gasteiger partial charge in [0.1, 0.15) is 18.3 Å². The van der Waals surface area contributed by atoms with E-state index < -0.39 is 0 Å². The number of ether oxygens (including phenoxy) is 4. The first-order chi connectivity index (χ1) is 18.3. The van der Waals surface area contributed by atoms with Crippen molar-refractivity contribution in [2.24, 2.45) is 46.3 Å². The van der Waals surface area contributed by atoms with Gasteiger partial charge in [-0.25, -0.2) is 0 Å². The van der Waals surface area contributed by atoms with Crippen molar-refractivity contribution in [1.82, 2.24) is 0 Å². The molecule has 0 N–H and O–H groups in total. The maximum Gasteiger partial charge on any atom is 0.305 e. The normalized spacial score (nSPS) is 41.7. The van der Waals surface area contributed by atoms with Gasteiger partial charge in [0.05, 0.1) is 7.11 Å². The number of fused-ring (bicyclic) bond motifs is 5. The highest BCUT2D eigenvalue weighted by atomic mass is 16.6. The van der Waals surface area contributed by atoms with Crippen molar-refractivity contribution in [3.05, 3.63) is 0 Å². The number of carbonyl (C=O) groups is 4. The molecule has 0 aliphatic heterocycles. The molecule has 0 radical (unpaired) electrons. The second kappa shape index (κ2) is 11.4. The molecule has 0 heterocycles. The van der Waals surface area contributed by atoms with E-state index in [0.29, 0.717) is 6.42 Å². The van der Waals surface area contributed by atoms with E-state index in [-0.39, 0.29) is 88.5 Å². The summed E-state index contributed by atoms with van der Waals surface area (Å²) in [6.45, 7) is 11.3. The zero-order valence-corrected chi connectivity index (χ0v) is 24.8. The van der Waals surface area contributed by atoms with Gasteiger partial charge >= 0.3 is 23.9 Å². The Morgan fingerprint density at radius 1 is 0.846 bits per heavy atom. The molecule has 0 spiro atoms. The highest BCUT2D eigenvalue weighted by molar-refractivity contribution is 5.69. The Balaban J connectivity index is 1.70. The molecule has 11 atom stereocenters. The van der Waals surface area contributed by atoms with Gasteiger partial charge in [0.25, 0.3) is 0 Å². The minimum absolute atomic E-state index is 0.0215. The van der Waals surface area contributed by atoms with E-state index >= 15 is 0 Å². The number of carbonyl (C=O) groups excluding carboxylic acids is 4. The van der Waals surface area contributed by atoms with E-state index in [4.69, 9.17) is 18.9 Å². The fourth-order valence-electron chi connectivity index (χ4n) is 9.77. The Morgan fingerprint density at radius 3 is 2.13 bits per heavy atom. The molecule has 4 aliphatic carbocycles. The van der Waals surface area contributed by atoms with E-state index in [9.17, 15) is 19.2 Å². The minimum atomic E-state index is -0.279. The summed E-state index contributed by atoms with van der Waals surface area (Å²) in [6.07, 6.45) is 6.53. The second-order valence-corrected chi connectivity index (χ2v) is 13.4. The Morgan fingerprint density at radius 2 is 1.51 bits per heavy atom. The predicted octanol–water partition coefficient (Wildman–Crippen LogP) is 5.25. The lowest BCUT2D eigenvalue weighted by Gasteiger charge is -2.64. The average Bonchev–Trinajstić information content (AvgIpc) is 3.20. The second-order valence-electron chi connectivity index (χ2n) is 13.4. The van der Waals surface area contributed by atoms with Crippen LogP contribution in [0.1, 0.15) is 99.3 Å². The molecular formula is C31H48O8. The molecule has 0 aromatic rings. The monoisotopic (exact) mass is 548 g/mol. The van der Waals surface area contributed by atoms with Crippen molar-refractivity contribution in [2.45, 2.75) is 118 Å². The summed E-state index contributed by atoms with van der Waals surface area (Å²) >= 11 is 0. The number of methoxy groups -OCH3 is 1. The fourth-order valence-corrected chi connectivity index (χ4v) is 9.77. The van der Waals surface area contributed by atoms with E-state index in [1.54, 1.807) is 0 Å². The van der Waals surface area contributed by atoms with Crippen LogP contribution < -0.4 is 0 Å². The average molecular weight is 549 g/mol. The molecule has 220 valence electrons. The van der Waals surface area contributed by atoms with Crippen molar-refractivity contribution in [1.29, 1.82) is 0 Å². The highest BCUT2D eigenvalue weighted by Gasteiger charge is 2.67. The summed E-state index contributed by atoms with van der Waals surface area (Å²) in [4.78, 5) is 48.5. The quantitative estimate of drug-likeness (QED) is 0.314. The van der Waals surface area contributed by atoms with Crippen LogP contribution in [0.4, 0.5) is 0 Å². The number of esters is 4. The van der Waals surface area contributed by atoms with E-state index in [2.05, 4.69) is 20.8 Å².